The molecular weight excluding hydrogens is 446 g/mol. The number of anilines is 4. The van der Waals surface area contributed by atoms with Gasteiger partial charge in [0.05, 0.1) is 28.3 Å². The third-order valence-corrected chi connectivity index (χ3v) is 5.81. The zero-order chi connectivity index (χ0) is 23.5. The van der Waals surface area contributed by atoms with Crippen LogP contribution in [-0.4, -0.2) is 25.0 Å². The first kappa shape index (κ1) is 21.6. The Labute approximate surface area is 202 Å². The lowest BCUT2D eigenvalue weighted by Crippen LogP contribution is -1.96. The van der Waals surface area contributed by atoms with Crippen molar-refractivity contribution in [1.82, 2.24) is 25.0 Å². The first-order valence-electron chi connectivity index (χ1n) is 10.8. The Morgan fingerprint density at radius 1 is 0.765 bits per heavy atom. The number of hydrogen-bond donors (Lipinski definition) is 2. The van der Waals surface area contributed by atoms with Crippen LogP contribution in [0.4, 0.5) is 22.7 Å². The molecule has 0 saturated heterocycles. The highest BCUT2D eigenvalue weighted by atomic mass is 35.5. The summed E-state index contributed by atoms with van der Waals surface area (Å²) >= 11 is 6.34. The highest BCUT2D eigenvalue weighted by Gasteiger charge is 2.08. The van der Waals surface area contributed by atoms with E-state index in [1.54, 1.807) is 17.1 Å². The van der Waals surface area contributed by atoms with Crippen molar-refractivity contribution in [3.63, 3.8) is 0 Å². The lowest BCUT2D eigenvalue weighted by molar-refractivity contribution is 0.804. The van der Waals surface area contributed by atoms with Gasteiger partial charge < -0.3 is 10.6 Å². The van der Waals surface area contributed by atoms with Gasteiger partial charge >= 0.3 is 0 Å². The third-order valence-electron chi connectivity index (χ3n) is 5.33. The normalized spacial score (nSPS) is 10.8. The van der Waals surface area contributed by atoms with Crippen LogP contribution in [0, 0.1) is 13.8 Å². The van der Waals surface area contributed by atoms with Gasteiger partial charge in [-0.15, -0.1) is 5.10 Å². The van der Waals surface area contributed by atoms with Crippen molar-refractivity contribution in [3.8, 4) is 16.9 Å². The van der Waals surface area contributed by atoms with Crippen molar-refractivity contribution in [2.24, 2.45) is 0 Å². The van der Waals surface area contributed by atoms with Gasteiger partial charge in [0.15, 0.2) is 0 Å². The van der Waals surface area contributed by atoms with E-state index >= 15 is 0 Å². The molecule has 0 aliphatic carbocycles. The Morgan fingerprint density at radius 2 is 1.47 bits per heavy atom. The van der Waals surface area contributed by atoms with Crippen molar-refractivity contribution >= 4 is 34.4 Å². The summed E-state index contributed by atoms with van der Waals surface area (Å²) in [4.78, 5) is 8.42. The van der Waals surface area contributed by atoms with Gasteiger partial charge in [0.25, 0.3) is 0 Å². The maximum Gasteiger partial charge on any atom is 0.113 e. The molecule has 0 saturated carbocycles. The van der Waals surface area contributed by atoms with E-state index in [0.717, 1.165) is 51.1 Å². The van der Waals surface area contributed by atoms with Crippen molar-refractivity contribution in [3.05, 3.63) is 102 Å². The zero-order valence-electron chi connectivity index (χ0n) is 18.7. The SMILES string of the molecule is Cc1cc(Nc2ccc(-n3cc(-c4ccc(Nc5ccnc(C)c5Cl)cc4)nn3)cc2)ccn1. The molecule has 0 unspecified atom stereocenters. The summed E-state index contributed by atoms with van der Waals surface area (Å²) in [7, 11) is 0. The fraction of sp³-hybridized carbons (Fsp3) is 0.0769. The molecule has 0 radical (unpaired) electrons. The lowest BCUT2D eigenvalue weighted by Gasteiger charge is -2.09. The first-order valence-corrected chi connectivity index (χ1v) is 11.1. The van der Waals surface area contributed by atoms with Crippen LogP contribution in [-0.2, 0) is 0 Å². The Kier molecular flexibility index (Phi) is 5.93. The molecule has 0 atom stereocenters. The predicted octanol–water partition coefficient (Wildman–Crippen LogP) is 6.48. The number of nitrogens with one attached hydrogen (secondary N) is 2. The topological polar surface area (TPSA) is 80.5 Å². The smallest absolute Gasteiger partial charge is 0.113 e. The number of nitrogens with zero attached hydrogens (tertiary/aromatic N) is 5. The molecule has 3 aromatic heterocycles. The van der Waals surface area contributed by atoms with E-state index in [2.05, 4.69) is 30.9 Å². The monoisotopic (exact) mass is 467 g/mol. The Bertz CT molecular complexity index is 1430. The number of aromatic nitrogens is 5. The fourth-order valence-electron chi connectivity index (χ4n) is 3.53. The molecule has 0 spiro atoms. The molecule has 2 aromatic carbocycles. The van der Waals surface area contributed by atoms with Crippen LogP contribution in [0.2, 0.25) is 5.02 Å². The molecule has 8 heteroatoms. The molecule has 7 nitrogen and oxygen atoms in total. The highest BCUT2D eigenvalue weighted by molar-refractivity contribution is 6.33. The van der Waals surface area contributed by atoms with E-state index in [9.17, 15) is 0 Å². The molecule has 2 N–H and O–H groups in total. The van der Waals surface area contributed by atoms with Gasteiger partial charge in [-0.1, -0.05) is 28.9 Å². The number of benzene rings is 2. The average Bonchev–Trinajstić information content (AvgIpc) is 3.33. The molecule has 168 valence electrons. The largest absolute Gasteiger partial charge is 0.355 e. The fourth-order valence-corrected chi connectivity index (χ4v) is 3.69. The van der Waals surface area contributed by atoms with Crippen LogP contribution >= 0.6 is 11.6 Å². The maximum atomic E-state index is 6.34. The van der Waals surface area contributed by atoms with Gasteiger partial charge in [0, 0.05) is 40.7 Å². The summed E-state index contributed by atoms with van der Waals surface area (Å²) in [6, 6.07) is 21.8. The molecule has 0 bridgehead atoms. The summed E-state index contributed by atoms with van der Waals surface area (Å²) in [6.07, 6.45) is 5.44. The Hall–Kier alpha value is -4.23. The summed E-state index contributed by atoms with van der Waals surface area (Å²) in [5, 5.41) is 16.0. The van der Waals surface area contributed by atoms with Crippen molar-refractivity contribution in [2.75, 3.05) is 10.6 Å². The third kappa shape index (κ3) is 4.74. The van der Waals surface area contributed by atoms with Gasteiger partial charge in [0.2, 0.25) is 0 Å². The quantitative estimate of drug-likeness (QED) is 0.297. The molecule has 3 heterocycles. The maximum absolute atomic E-state index is 6.34. The van der Waals surface area contributed by atoms with Gasteiger partial charge in [-0.3, -0.25) is 9.97 Å². The van der Waals surface area contributed by atoms with E-state index < -0.39 is 0 Å². The molecule has 5 rings (SSSR count). The van der Waals surface area contributed by atoms with Crippen LogP contribution in [0.5, 0.6) is 0 Å². The van der Waals surface area contributed by atoms with Gasteiger partial charge in [-0.25, -0.2) is 4.68 Å². The van der Waals surface area contributed by atoms with E-state index in [4.69, 9.17) is 11.6 Å². The summed E-state index contributed by atoms with van der Waals surface area (Å²) in [5.41, 5.74) is 8.19. The minimum Gasteiger partial charge on any atom is -0.355 e. The van der Waals surface area contributed by atoms with Crippen molar-refractivity contribution in [2.45, 2.75) is 13.8 Å². The van der Waals surface area contributed by atoms with Gasteiger partial charge in [0.1, 0.15) is 5.69 Å². The Balaban J connectivity index is 1.28. The van der Waals surface area contributed by atoms with E-state index in [1.807, 2.05) is 86.8 Å². The van der Waals surface area contributed by atoms with Crippen molar-refractivity contribution < 1.29 is 0 Å². The standard InChI is InChI=1S/C26H22ClN7/c1-17-15-22(11-13-28-17)30-20-7-9-23(10-8-20)34-16-25(32-33-34)19-3-5-21(6-4-19)31-24-12-14-29-18(2)26(24)27/h3-16H,1-2H3,(H,28,30)(H,29,31). The zero-order valence-corrected chi connectivity index (χ0v) is 19.5. The molecule has 0 fully saturated rings. The number of rotatable bonds is 6. The van der Waals surface area contributed by atoms with Crippen LogP contribution in [0.25, 0.3) is 16.9 Å². The number of aryl methyl sites for hydroxylation is 2. The van der Waals surface area contributed by atoms with E-state index in [1.165, 1.54) is 0 Å². The average molecular weight is 468 g/mol. The second-order valence-corrected chi connectivity index (χ2v) is 8.24. The molecule has 0 amide bonds. The summed E-state index contributed by atoms with van der Waals surface area (Å²) < 4.78 is 1.77. The molecular formula is C26H22ClN7. The highest BCUT2D eigenvalue weighted by Crippen LogP contribution is 2.28. The van der Waals surface area contributed by atoms with E-state index in [-0.39, 0.29) is 0 Å². The van der Waals surface area contributed by atoms with Gasteiger partial charge in [-0.05, 0) is 68.4 Å². The van der Waals surface area contributed by atoms with E-state index in [0.29, 0.717) is 5.02 Å². The summed E-state index contributed by atoms with van der Waals surface area (Å²) in [6.45, 7) is 3.85. The molecule has 0 aliphatic heterocycles. The second-order valence-electron chi connectivity index (χ2n) is 7.87. The molecule has 5 aromatic rings. The minimum absolute atomic E-state index is 0.617. The number of hydrogen-bond acceptors (Lipinski definition) is 6. The number of pyridine rings is 2. The van der Waals surface area contributed by atoms with Gasteiger partial charge in [-0.2, -0.15) is 0 Å². The predicted molar refractivity (Wildman–Crippen MR) is 136 cm³/mol. The van der Waals surface area contributed by atoms with Crippen molar-refractivity contribution in [1.29, 1.82) is 0 Å². The van der Waals surface area contributed by atoms with Crippen LogP contribution in [0.1, 0.15) is 11.4 Å². The summed E-state index contributed by atoms with van der Waals surface area (Å²) in [5.74, 6) is 0. The number of halogens is 1. The lowest BCUT2D eigenvalue weighted by atomic mass is 10.1. The van der Waals surface area contributed by atoms with Crippen LogP contribution in [0.3, 0.4) is 0 Å². The van der Waals surface area contributed by atoms with Crippen LogP contribution < -0.4 is 10.6 Å². The molecule has 34 heavy (non-hydrogen) atoms. The Morgan fingerprint density at radius 3 is 2.24 bits per heavy atom. The minimum atomic E-state index is 0.617. The second kappa shape index (κ2) is 9.33. The first-order chi connectivity index (χ1) is 16.5. The van der Waals surface area contributed by atoms with Crippen LogP contribution in [0.15, 0.2) is 85.3 Å². The molecule has 0 aliphatic rings.